The maximum absolute atomic E-state index is 9.38. The molecule has 4 rings (SSSR count). The molecule has 0 aromatic rings. The van der Waals surface area contributed by atoms with Crippen molar-refractivity contribution in [3.05, 3.63) is 0 Å². The summed E-state index contributed by atoms with van der Waals surface area (Å²) in [5.41, 5.74) is 0.426. The number of fused-ring (bicyclic) bond motifs is 5. The SMILES string of the molecule is CC[C@H]1[C@@H](OCOC)C2C3CC[C@H](C(CCC#N)OCOC)[C@@]3(C)[C@@H](C)CC2[C@@]2(C)CC[C@@H](OCOC)C[C@@H]12. The van der Waals surface area contributed by atoms with Gasteiger partial charge in [-0.3, -0.25) is 0 Å². The summed E-state index contributed by atoms with van der Waals surface area (Å²) in [6, 6.07) is 2.36. The topological polar surface area (TPSA) is 79.2 Å². The fourth-order valence-electron chi connectivity index (χ4n) is 10.4. The van der Waals surface area contributed by atoms with Gasteiger partial charge >= 0.3 is 0 Å². The number of hydrogen-bond donors (Lipinski definition) is 0. The molecule has 39 heavy (non-hydrogen) atoms. The van der Waals surface area contributed by atoms with Crippen LogP contribution < -0.4 is 0 Å². The Labute approximate surface area is 237 Å². The number of hydrogen-bond acceptors (Lipinski definition) is 7. The lowest BCUT2D eigenvalue weighted by molar-refractivity contribution is -0.249. The fraction of sp³-hybridized carbons (Fsp3) is 0.969. The van der Waals surface area contributed by atoms with E-state index in [1.807, 2.05) is 0 Å². The van der Waals surface area contributed by atoms with Gasteiger partial charge in [-0.25, -0.2) is 0 Å². The van der Waals surface area contributed by atoms with Gasteiger partial charge in [-0.1, -0.05) is 34.1 Å². The van der Waals surface area contributed by atoms with Crippen molar-refractivity contribution in [3.63, 3.8) is 0 Å². The van der Waals surface area contributed by atoms with Gasteiger partial charge in [0.15, 0.2) is 0 Å². The van der Waals surface area contributed by atoms with Gasteiger partial charge in [0.2, 0.25) is 0 Å². The predicted octanol–water partition coefficient (Wildman–Crippen LogP) is 6.41. The molecule has 7 nitrogen and oxygen atoms in total. The van der Waals surface area contributed by atoms with Gasteiger partial charge < -0.3 is 28.4 Å². The van der Waals surface area contributed by atoms with Crippen molar-refractivity contribution in [3.8, 4) is 6.07 Å². The van der Waals surface area contributed by atoms with E-state index in [0.717, 1.165) is 32.1 Å². The standard InChI is InChI=1S/C32H55NO6/c1-8-23-26-17-22(37-18-34-5)13-14-31(26,3)27-16-21(2)32(4)24(28(10-9-15-33)38-19-35-6)11-12-25(32)29(27)30(23)39-20-36-7/h21-30H,8-14,16-20H2,1-7H3/t21-,22+,23+,24+,25?,26-,27?,28?,29?,30+,31-,32+/m0/s1. The summed E-state index contributed by atoms with van der Waals surface area (Å²) in [6.45, 7) is 11.0. The number of nitrogens with zero attached hydrogens (tertiary/aromatic N) is 1. The van der Waals surface area contributed by atoms with Crippen molar-refractivity contribution in [1.82, 2.24) is 0 Å². The van der Waals surface area contributed by atoms with E-state index in [9.17, 15) is 5.26 Å². The molecule has 0 aromatic carbocycles. The van der Waals surface area contributed by atoms with E-state index in [-0.39, 0.29) is 35.9 Å². The maximum atomic E-state index is 9.38. The Kier molecular flexibility index (Phi) is 10.8. The molecule has 4 saturated carbocycles. The molecule has 224 valence electrons. The molecule has 7 heteroatoms. The third kappa shape index (κ3) is 5.68. The van der Waals surface area contributed by atoms with Crippen molar-refractivity contribution in [1.29, 1.82) is 5.26 Å². The highest BCUT2D eigenvalue weighted by Gasteiger charge is 2.67. The van der Waals surface area contributed by atoms with Gasteiger partial charge in [0, 0.05) is 27.8 Å². The minimum atomic E-state index is 0.0548. The lowest BCUT2D eigenvalue weighted by atomic mass is 9.40. The number of methoxy groups -OCH3 is 3. The third-order valence-electron chi connectivity index (χ3n) is 12.2. The largest absolute Gasteiger partial charge is 0.359 e. The van der Waals surface area contributed by atoms with E-state index < -0.39 is 0 Å². The van der Waals surface area contributed by atoms with Crippen molar-refractivity contribution in [2.24, 2.45) is 52.3 Å². The second-order valence-corrected chi connectivity index (χ2v) is 13.5. The van der Waals surface area contributed by atoms with Gasteiger partial charge in [0.25, 0.3) is 0 Å². The molecule has 0 N–H and O–H groups in total. The molecule has 0 amide bonds. The Bertz CT molecular complexity index is 819. The summed E-state index contributed by atoms with van der Waals surface area (Å²) >= 11 is 0. The molecule has 0 saturated heterocycles. The smallest absolute Gasteiger partial charge is 0.146 e. The van der Waals surface area contributed by atoms with Crippen LogP contribution in [0.4, 0.5) is 0 Å². The van der Waals surface area contributed by atoms with Gasteiger partial charge in [-0.05, 0) is 97.2 Å². The first kappa shape index (κ1) is 31.2. The molecular weight excluding hydrogens is 494 g/mol. The van der Waals surface area contributed by atoms with Crippen LogP contribution in [-0.2, 0) is 28.4 Å². The fourth-order valence-corrected chi connectivity index (χ4v) is 10.4. The highest BCUT2D eigenvalue weighted by molar-refractivity contribution is 5.15. The first-order valence-corrected chi connectivity index (χ1v) is 15.5. The van der Waals surface area contributed by atoms with Crippen LogP contribution in [0.25, 0.3) is 0 Å². The van der Waals surface area contributed by atoms with Gasteiger partial charge in [-0.15, -0.1) is 0 Å². The van der Waals surface area contributed by atoms with Crippen LogP contribution in [0.3, 0.4) is 0 Å². The van der Waals surface area contributed by atoms with Gasteiger partial charge in [-0.2, -0.15) is 5.26 Å². The molecular formula is C32H55NO6. The van der Waals surface area contributed by atoms with Crippen LogP contribution in [0, 0.1) is 63.6 Å². The number of ether oxygens (including phenoxy) is 6. The second-order valence-electron chi connectivity index (χ2n) is 13.5. The molecule has 4 fully saturated rings. The predicted molar refractivity (Wildman–Crippen MR) is 149 cm³/mol. The summed E-state index contributed by atoms with van der Waals surface area (Å²) < 4.78 is 35.3. The summed E-state index contributed by atoms with van der Waals surface area (Å²) in [7, 11) is 5.14. The van der Waals surface area contributed by atoms with E-state index in [2.05, 4.69) is 33.8 Å². The molecule has 4 aliphatic rings. The lowest BCUT2D eigenvalue weighted by Gasteiger charge is -2.66. The Morgan fingerprint density at radius 2 is 1.62 bits per heavy atom. The number of nitriles is 1. The van der Waals surface area contributed by atoms with Crippen molar-refractivity contribution < 1.29 is 28.4 Å². The molecule has 0 bridgehead atoms. The molecule has 0 heterocycles. The highest BCUT2D eigenvalue weighted by Crippen LogP contribution is 2.71. The normalized spacial score (nSPS) is 44.2. The van der Waals surface area contributed by atoms with Crippen molar-refractivity contribution in [2.45, 2.75) is 104 Å². The quantitative estimate of drug-likeness (QED) is 0.246. The monoisotopic (exact) mass is 549 g/mol. The van der Waals surface area contributed by atoms with Crippen LogP contribution in [0.2, 0.25) is 0 Å². The van der Waals surface area contributed by atoms with E-state index >= 15 is 0 Å². The molecule has 0 radical (unpaired) electrons. The number of rotatable bonds is 13. The van der Waals surface area contributed by atoms with Crippen LogP contribution in [0.1, 0.15) is 85.5 Å². The highest BCUT2D eigenvalue weighted by atomic mass is 16.7. The van der Waals surface area contributed by atoms with Gasteiger partial charge in [0.05, 0.1) is 24.4 Å². The van der Waals surface area contributed by atoms with Crippen LogP contribution in [-0.4, -0.2) is 60.0 Å². The van der Waals surface area contributed by atoms with Crippen LogP contribution >= 0.6 is 0 Å². The van der Waals surface area contributed by atoms with Crippen molar-refractivity contribution >= 4 is 0 Å². The Morgan fingerprint density at radius 3 is 2.28 bits per heavy atom. The summed E-state index contributed by atoms with van der Waals surface area (Å²) in [5.74, 6) is 3.76. The van der Waals surface area contributed by atoms with Crippen LogP contribution in [0.15, 0.2) is 0 Å². The molecule has 4 aliphatic carbocycles. The van der Waals surface area contributed by atoms with E-state index in [1.165, 1.54) is 19.3 Å². The zero-order valence-corrected chi connectivity index (χ0v) is 25.7. The van der Waals surface area contributed by atoms with E-state index in [1.54, 1.807) is 21.3 Å². The Hall–Kier alpha value is -0.750. The molecule has 12 atom stereocenters. The Morgan fingerprint density at radius 1 is 0.897 bits per heavy atom. The minimum Gasteiger partial charge on any atom is -0.359 e. The van der Waals surface area contributed by atoms with E-state index in [0.29, 0.717) is 61.4 Å². The summed E-state index contributed by atoms with van der Waals surface area (Å²) in [6.07, 6.45) is 9.90. The first-order chi connectivity index (χ1) is 18.8. The van der Waals surface area contributed by atoms with E-state index in [4.69, 9.17) is 28.4 Å². The molecule has 4 unspecified atom stereocenters. The van der Waals surface area contributed by atoms with Gasteiger partial charge in [0.1, 0.15) is 20.4 Å². The van der Waals surface area contributed by atoms with Crippen molar-refractivity contribution in [2.75, 3.05) is 41.7 Å². The molecule has 0 aliphatic heterocycles. The maximum Gasteiger partial charge on any atom is 0.146 e. The summed E-state index contributed by atoms with van der Waals surface area (Å²) in [4.78, 5) is 0. The van der Waals surface area contributed by atoms with Crippen LogP contribution in [0.5, 0.6) is 0 Å². The molecule has 0 aromatic heterocycles. The summed E-state index contributed by atoms with van der Waals surface area (Å²) in [5, 5.41) is 9.38. The molecule has 0 spiro atoms. The Balaban J connectivity index is 1.69. The zero-order valence-electron chi connectivity index (χ0n) is 25.7. The zero-order chi connectivity index (χ0) is 28.2. The second kappa shape index (κ2) is 13.5. The third-order valence-corrected chi connectivity index (χ3v) is 12.2. The average Bonchev–Trinajstić information content (AvgIpc) is 3.29. The lowest BCUT2D eigenvalue weighted by Crippen LogP contribution is -2.64. The first-order valence-electron chi connectivity index (χ1n) is 15.5. The minimum absolute atomic E-state index is 0.0548. The average molecular weight is 550 g/mol.